The van der Waals surface area contributed by atoms with Crippen LogP contribution in [0, 0.1) is 0 Å². The quantitative estimate of drug-likeness (QED) is 0.887. The van der Waals surface area contributed by atoms with E-state index >= 15 is 0 Å². The zero-order chi connectivity index (χ0) is 13.5. The number of anilines is 3. The normalized spacial score (nSPS) is 15.7. The van der Waals surface area contributed by atoms with Crippen molar-refractivity contribution in [3.63, 3.8) is 0 Å². The number of nitrogens with one attached hydrogen (secondary N) is 1. The summed E-state index contributed by atoms with van der Waals surface area (Å²) in [5.41, 5.74) is 3.83. The lowest BCUT2D eigenvalue weighted by molar-refractivity contribution is 0.584. The Balaban J connectivity index is 1.96. The average molecular weight is 253 g/mol. The molecule has 0 aliphatic carbocycles. The summed E-state index contributed by atoms with van der Waals surface area (Å²) in [6, 6.07) is 12.4. The molecule has 1 aliphatic rings. The van der Waals surface area contributed by atoms with E-state index < -0.39 is 0 Å². The van der Waals surface area contributed by atoms with Gasteiger partial charge in [-0.1, -0.05) is 32.0 Å². The molecule has 0 radical (unpaired) electrons. The van der Waals surface area contributed by atoms with Gasteiger partial charge in [0, 0.05) is 48.2 Å². The molecule has 1 aliphatic heterocycles. The lowest BCUT2D eigenvalue weighted by Gasteiger charge is -2.20. The fourth-order valence-electron chi connectivity index (χ4n) is 2.51. The van der Waals surface area contributed by atoms with Gasteiger partial charge in [0.1, 0.15) is 5.82 Å². The highest BCUT2D eigenvalue weighted by Gasteiger charge is 2.30. The van der Waals surface area contributed by atoms with Gasteiger partial charge in [-0.05, 0) is 12.1 Å². The predicted molar refractivity (Wildman–Crippen MR) is 80.3 cm³/mol. The van der Waals surface area contributed by atoms with Gasteiger partial charge in [-0.15, -0.1) is 0 Å². The molecule has 0 amide bonds. The van der Waals surface area contributed by atoms with Crippen molar-refractivity contribution in [2.24, 2.45) is 0 Å². The molecular formula is C16H19N3. The van der Waals surface area contributed by atoms with Crippen LogP contribution < -0.4 is 10.2 Å². The smallest absolute Gasteiger partial charge is 0.134 e. The van der Waals surface area contributed by atoms with Gasteiger partial charge in [0.05, 0.1) is 0 Å². The van der Waals surface area contributed by atoms with Gasteiger partial charge < -0.3 is 10.2 Å². The number of hydrogen-bond donors (Lipinski definition) is 1. The van der Waals surface area contributed by atoms with Crippen LogP contribution in [0.3, 0.4) is 0 Å². The Morgan fingerprint density at radius 2 is 1.95 bits per heavy atom. The zero-order valence-electron chi connectivity index (χ0n) is 11.6. The number of aromatic nitrogens is 1. The number of nitrogens with zero attached hydrogens (tertiary/aromatic N) is 2. The van der Waals surface area contributed by atoms with Gasteiger partial charge in [-0.2, -0.15) is 0 Å². The molecule has 2 heterocycles. The van der Waals surface area contributed by atoms with E-state index in [1.807, 2.05) is 31.4 Å². The maximum atomic E-state index is 4.61. The van der Waals surface area contributed by atoms with E-state index in [0.29, 0.717) is 0 Å². The molecule has 98 valence electrons. The Bertz CT molecular complexity index is 590. The van der Waals surface area contributed by atoms with Crippen LogP contribution in [0.5, 0.6) is 0 Å². The minimum atomic E-state index is 0.173. The molecular weight excluding hydrogens is 234 g/mol. The summed E-state index contributed by atoms with van der Waals surface area (Å²) in [7, 11) is 2.05. The van der Waals surface area contributed by atoms with Gasteiger partial charge in [0.2, 0.25) is 0 Å². The number of para-hydroxylation sites is 1. The SMILES string of the molecule is CN(c1ccccc1)c1cc2c(cn1)C(C)(C)CN2. The van der Waals surface area contributed by atoms with Crippen LogP contribution in [-0.4, -0.2) is 18.6 Å². The summed E-state index contributed by atoms with van der Waals surface area (Å²) >= 11 is 0. The van der Waals surface area contributed by atoms with E-state index in [4.69, 9.17) is 0 Å². The number of fused-ring (bicyclic) bond motifs is 1. The highest BCUT2D eigenvalue weighted by Crippen LogP contribution is 2.37. The summed E-state index contributed by atoms with van der Waals surface area (Å²) < 4.78 is 0. The summed E-state index contributed by atoms with van der Waals surface area (Å²) in [5, 5.41) is 3.47. The molecule has 1 N–H and O–H groups in total. The first-order valence-electron chi connectivity index (χ1n) is 6.61. The first-order valence-corrected chi connectivity index (χ1v) is 6.61. The van der Waals surface area contributed by atoms with E-state index in [-0.39, 0.29) is 5.41 Å². The van der Waals surface area contributed by atoms with Gasteiger partial charge in [-0.3, -0.25) is 0 Å². The largest absolute Gasteiger partial charge is 0.384 e. The molecule has 19 heavy (non-hydrogen) atoms. The maximum Gasteiger partial charge on any atom is 0.134 e. The van der Waals surface area contributed by atoms with E-state index in [2.05, 4.69) is 47.2 Å². The lowest BCUT2D eigenvalue weighted by atomic mass is 9.88. The Morgan fingerprint density at radius 3 is 2.68 bits per heavy atom. The van der Waals surface area contributed by atoms with Crippen molar-refractivity contribution in [1.82, 2.24) is 4.98 Å². The molecule has 0 unspecified atom stereocenters. The van der Waals surface area contributed by atoms with Gasteiger partial charge in [0.25, 0.3) is 0 Å². The van der Waals surface area contributed by atoms with Crippen LogP contribution in [0.25, 0.3) is 0 Å². The maximum absolute atomic E-state index is 4.61. The minimum Gasteiger partial charge on any atom is -0.384 e. The van der Waals surface area contributed by atoms with Crippen LogP contribution in [0.15, 0.2) is 42.6 Å². The third-order valence-corrected chi connectivity index (χ3v) is 3.83. The molecule has 3 rings (SSSR count). The van der Waals surface area contributed by atoms with E-state index in [1.165, 1.54) is 11.3 Å². The summed E-state index contributed by atoms with van der Waals surface area (Å²) in [6.07, 6.45) is 2.00. The lowest BCUT2D eigenvalue weighted by Crippen LogP contribution is -2.19. The Labute approximate surface area is 114 Å². The second-order valence-electron chi connectivity index (χ2n) is 5.72. The molecule has 1 aromatic carbocycles. The molecule has 0 atom stereocenters. The molecule has 0 saturated carbocycles. The van der Waals surface area contributed by atoms with Crippen LogP contribution in [0.2, 0.25) is 0 Å². The topological polar surface area (TPSA) is 28.2 Å². The number of rotatable bonds is 2. The number of benzene rings is 1. The first-order chi connectivity index (χ1) is 9.08. The minimum absolute atomic E-state index is 0.173. The van der Waals surface area contributed by atoms with Crippen molar-refractivity contribution in [1.29, 1.82) is 0 Å². The summed E-state index contributed by atoms with van der Waals surface area (Å²) in [4.78, 5) is 6.71. The Morgan fingerprint density at radius 1 is 1.21 bits per heavy atom. The fourth-order valence-corrected chi connectivity index (χ4v) is 2.51. The molecule has 0 fully saturated rings. The fraction of sp³-hybridized carbons (Fsp3) is 0.312. The van der Waals surface area contributed by atoms with E-state index in [0.717, 1.165) is 18.1 Å². The van der Waals surface area contributed by atoms with Crippen molar-refractivity contribution in [2.45, 2.75) is 19.3 Å². The Hall–Kier alpha value is -2.03. The highest BCUT2D eigenvalue weighted by atomic mass is 15.2. The molecule has 3 nitrogen and oxygen atoms in total. The molecule has 3 heteroatoms. The zero-order valence-corrected chi connectivity index (χ0v) is 11.6. The second-order valence-corrected chi connectivity index (χ2v) is 5.72. The number of pyridine rings is 1. The van der Waals surface area contributed by atoms with Crippen LogP contribution >= 0.6 is 0 Å². The van der Waals surface area contributed by atoms with Crippen molar-refractivity contribution >= 4 is 17.2 Å². The molecule has 1 aromatic heterocycles. The van der Waals surface area contributed by atoms with Crippen molar-refractivity contribution in [3.8, 4) is 0 Å². The molecule has 0 spiro atoms. The summed E-state index contributed by atoms with van der Waals surface area (Å²) in [5.74, 6) is 0.968. The van der Waals surface area contributed by atoms with E-state index in [1.54, 1.807) is 0 Å². The van der Waals surface area contributed by atoms with Crippen LogP contribution in [0.4, 0.5) is 17.2 Å². The van der Waals surface area contributed by atoms with Crippen molar-refractivity contribution in [2.75, 3.05) is 23.8 Å². The van der Waals surface area contributed by atoms with Gasteiger partial charge >= 0.3 is 0 Å². The predicted octanol–water partition coefficient (Wildman–Crippen LogP) is 3.55. The van der Waals surface area contributed by atoms with E-state index in [9.17, 15) is 0 Å². The van der Waals surface area contributed by atoms with Crippen LogP contribution in [-0.2, 0) is 5.41 Å². The third kappa shape index (κ3) is 2.05. The molecule has 0 saturated heterocycles. The molecule has 0 bridgehead atoms. The average Bonchev–Trinajstić information content (AvgIpc) is 2.74. The highest BCUT2D eigenvalue weighted by molar-refractivity contribution is 5.68. The van der Waals surface area contributed by atoms with Crippen LogP contribution in [0.1, 0.15) is 19.4 Å². The summed E-state index contributed by atoms with van der Waals surface area (Å²) in [6.45, 7) is 5.46. The van der Waals surface area contributed by atoms with Gasteiger partial charge in [0.15, 0.2) is 0 Å². The number of hydrogen-bond acceptors (Lipinski definition) is 3. The standard InChI is InChI=1S/C16H19N3/c1-16(2)11-18-14-9-15(17-10-13(14)16)19(3)12-7-5-4-6-8-12/h4-10,18H,11H2,1-3H3. The first kappa shape index (κ1) is 12.0. The van der Waals surface area contributed by atoms with Gasteiger partial charge in [-0.25, -0.2) is 4.98 Å². The second kappa shape index (κ2) is 4.26. The Kier molecular flexibility index (Phi) is 2.70. The third-order valence-electron chi connectivity index (χ3n) is 3.83. The van der Waals surface area contributed by atoms with Crippen molar-refractivity contribution in [3.05, 3.63) is 48.2 Å². The monoisotopic (exact) mass is 253 g/mol. The van der Waals surface area contributed by atoms with Crippen molar-refractivity contribution < 1.29 is 0 Å². The molecule has 2 aromatic rings.